The number of ether oxygens (including phenoxy) is 4. The predicted molar refractivity (Wildman–Crippen MR) is 146 cm³/mol. The van der Waals surface area contributed by atoms with Crippen LogP contribution in [0.1, 0.15) is 40.0 Å². The molecule has 0 unspecified atom stereocenters. The fourth-order valence-corrected chi connectivity index (χ4v) is 4.57. The molecule has 1 atom stereocenters. The molecule has 39 heavy (non-hydrogen) atoms. The summed E-state index contributed by atoms with van der Waals surface area (Å²) < 4.78 is 38.2. The molecular formula is C27H29Cl2FN4O5. The van der Waals surface area contributed by atoms with Crippen molar-refractivity contribution in [2.45, 2.75) is 63.9 Å². The molecule has 2 aliphatic rings. The first kappa shape index (κ1) is 27.5. The molecule has 0 radical (unpaired) electrons. The van der Waals surface area contributed by atoms with E-state index in [0.717, 1.165) is 6.42 Å². The summed E-state index contributed by atoms with van der Waals surface area (Å²) in [5.74, 6) is 0.652. The number of carbonyl (C=O) groups excluding carboxylic acids is 1. The number of halogens is 3. The van der Waals surface area contributed by atoms with Crippen LogP contribution in [0.2, 0.25) is 10.0 Å². The third kappa shape index (κ3) is 6.57. The van der Waals surface area contributed by atoms with Crippen molar-refractivity contribution in [3.8, 4) is 11.5 Å². The van der Waals surface area contributed by atoms with Crippen molar-refractivity contribution in [1.82, 2.24) is 15.3 Å². The number of amides is 1. The summed E-state index contributed by atoms with van der Waals surface area (Å²) in [6.07, 6.45) is 2.19. The van der Waals surface area contributed by atoms with Gasteiger partial charge < -0.3 is 29.6 Å². The van der Waals surface area contributed by atoms with Crippen LogP contribution in [0.15, 0.2) is 30.6 Å². The number of aromatic nitrogens is 2. The van der Waals surface area contributed by atoms with Crippen LogP contribution in [0, 0.1) is 5.82 Å². The Kier molecular flexibility index (Phi) is 7.89. The van der Waals surface area contributed by atoms with Gasteiger partial charge in [0.2, 0.25) is 0 Å². The molecule has 12 heteroatoms. The quantitative estimate of drug-likeness (QED) is 0.309. The second-order valence-corrected chi connectivity index (χ2v) is 11.4. The van der Waals surface area contributed by atoms with Gasteiger partial charge in [-0.3, -0.25) is 0 Å². The normalized spacial score (nSPS) is 20.8. The van der Waals surface area contributed by atoms with Crippen LogP contribution in [0.3, 0.4) is 0 Å². The zero-order chi connectivity index (χ0) is 27.7. The summed E-state index contributed by atoms with van der Waals surface area (Å²) >= 11 is 11.9. The minimum absolute atomic E-state index is 0.110. The number of fused-ring (bicyclic) bond motifs is 1. The molecule has 9 nitrogen and oxygen atoms in total. The van der Waals surface area contributed by atoms with E-state index in [1.54, 1.807) is 12.1 Å². The molecule has 2 aromatic carbocycles. The highest BCUT2D eigenvalue weighted by atomic mass is 35.5. The lowest BCUT2D eigenvalue weighted by molar-refractivity contribution is -0.0257. The number of carbonyl (C=O) groups is 1. The SMILES string of the molecule is CC(C)(C)NC(=O)OC1CC(Oc2cc3c(Nc4ccc(Cl)c(Cl)c4F)ncnc3cc2O[C@H]2CCOC2)C1. The third-order valence-electron chi connectivity index (χ3n) is 6.27. The maximum atomic E-state index is 14.7. The van der Waals surface area contributed by atoms with E-state index >= 15 is 0 Å². The predicted octanol–water partition coefficient (Wildman–Crippen LogP) is 6.42. The van der Waals surface area contributed by atoms with Gasteiger partial charge in [0.25, 0.3) is 0 Å². The van der Waals surface area contributed by atoms with Crippen LogP contribution in [-0.2, 0) is 9.47 Å². The van der Waals surface area contributed by atoms with Gasteiger partial charge in [0.1, 0.15) is 30.5 Å². The Bertz CT molecular complexity index is 1370. The van der Waals surface area contributed by atoms with Crippen LogP contribution in [-0.4, -0.2) is 53.1 Å². The first-order valence-electron chi connectivity index (χ1n) is 12.6. The lowest BCUT2D eigenvalue weighted by atomic mass is 9.92. The molecule has 2 heterocycles. The Labute approximate surface area is 235 Å². The van der Waals surface area contributed by atoms with Crippen molar-refractivity contribution in [2.24, 2.45) is 0 Å². The fraction of sp³-hybridized carbons (Fsp3) is 0.444. The lowest BCUT2D eigenvalue weighted by Gasteiger charge is -2.35. The van der Waals surface area contributed by atoms with E-state index in [4.69, 9.17) is 42.1 Å². The molecule has 2 N–H and O–H groups in total. The highest BCUT2D eigenvalue weighted by Gasteiger charge is 2.35. The van der Waals surface area contributed by atoms with Crippen LogP contribution in [0.4, 0.5) is 20.7 Å². The van der Waals surface area contributed by atoms with Gasteiger partial charge in [0.15, 0.2) is 17.3 Å². The van der Waals surface area contributed by atoms with Gasteiger partial charge in [-0.2, -0.15) is 0 Å². The van der Waals surface area contributed by atoms with Crippen molar-refractivity contribution in [1.29, 1.82) is 0 Å². The van der Waals surface area contributed by atoms with E-state index in [9.17, 15) is 9.18 Å². The monoisotopic (exact) mass is 578 g/mol. The number of benzene rings is 2. The molecule has 0 spiro atoms. The fourth-order valence-electron chi connectivity index (χ4n) is 4.26. The smallest absolute Gasteiger partial charge is 0.407 e. The van der Waals surface area contributed by atoms with E-state index in [0.29, 0.717) is 54.3 Å². The molecule has 1 aromatic heterocycles. The molecule has 1 aliphatic heterocycles. The van der Waals surface area contributed by atoms with E-state index < -0.39 is 11.9 Å². The van der Waals surface area contributed by atoms with Gasteiger partial charge in [-0.15, -0.1) is 0 Å². The largest absolute Gasteiger partial charge is 0.486 e. The Morgan fingerprint density at radius 3 is 2.54 bits per heavy atom. The Hall–Kier alpha value is -3.08. The average Bonchev–Trinajstić information content (AvgIpc) is 3.35. The van der Waals surface area contributed by atoms with Crippen molar-refractivity contribution in [3.05, 3.63) is 46.5 Å². The molecule has 1 saturated carbocycles. The van der Waals surface area contributed by atoms with Crippen LogP contribution in [0.25, 0.3) is 10.9 Å². The molecule has 1 saturated heterocycles. The van der Waals surface area contributed by atoms with E-state index in [-0.39, 0.29) is 39.6 Å². The third-order valence-corrected chi connectivity index (χ3v) is 7.05. The molecule has 208 valence electrons. The highest BCUT2D eigenvalue weighted by Crippen LogP contribution is 2.40. The highest BCUT2D eigenvalue weighted by molar-refractivity contribution is 6.42. The van der Waals surface area contributed by atoms with Crippen LogP contribution >= 0.6 is 23.2 Å². The van der Waals surface area contributed by atoms with Crippen molar-refractivity contribution >= 4 is 51.7 Å². The topological polar surface area (TPSA) is 104 Å². The van der Waals surface area contributed by atoms with Gasteiger partial charge in [0.05, 0.1) is 34.5 Å². The minimum Gasteiger partial charge on any atom is -0.486 e. The molecule has 2 fully saturated rings. The summed E-state index contributed by atoms with van der Waals surface area (Å²) in [4.78, 5) is 20.8. The summed E-state index contributed by atoms with van der Waals surface area (Å²) in [5, 5.41) is 6.29. The summed E-state index contributed by atoms with van der Waals surface area (Å²) in [6.45, 7) is 6.77. The molecular weight excluding hydrogens is 550 g/mol. The number of nitrogens with zero attached hydrogens (tertiary/aromatic N) is 2. The standard InChI is InChI=1S/C27H29Cl2FN4O5/c1-27(2,3)34-26(35)39-16-8-15(9-16)38-21-10-17-20(11-22(21)37-14-6-7-36-12-14)31-13-32-25(17)33-19-5-4-18(28)23(29)24(19)30/h4-5,10-11,13-16H,6-9,12H2,1-3H3,(H,34,35)(H,31,32,33)/t14-,15?,16?/m0/s1. The van der Waals surface area contributed by atoms with Crippen molar-refractivity contribution < 1.29 is 28.1 Å². The summed E-state index contributed by atoms with van der Waals surface area (Å²) in [5.41, 5.74) is 0.303. The van der Waals surface area contributed by atoms with Gasteiger partial charge in [0, 0.05) is 36.3 Å². The van der Waals surface area contributed by atoms with Gasteiger partial charge in [-0.1, -0.05) is 23.2 Å². The lowest BCUT2D eigenvalue weighted by Crippen LogP contribution is -2.46. The number of anilines is 2. The Morgan fingerprint density at radius 2 is 1.82 bits per heavy atom. The molecule has 1 amide bonds. The van der Waals surface area contributed by atoms with Crippen LogP contribution < -0.4 is 20.1 Å². The molecule has 0 bridgehead atoms. The Balaban J connectivity index is 1.38. The Morgan fingerprint density at radius 1 is 1.08 bits per heavy atom. The van der Waals surface area contributed by atoms with E-state index in [2.05, 4.69) is 20.6 Å². The number of nitrogens with one attached hydrogen (secondary N) is 2. The second-order valence-electron chi connectivity index (χ2n) is 10.6. The first-order chi connectivity index (χ1) is 18.6. The minimum atomic E-state index is -0.690. The summed E-state index contributed by atoms with van der Waals surface area (Å²) in [7, 11) is 0. The van der Waals surface area contributed by atoms with Gasteiger partial charge in [-0.25, -0.2) is 19.2 Å². The number of hydrogen-bond donors (Lipinski definition) is 2. The van der Waals surface area contributed by atoms with Gasteiger partial charge >= 0.3 is 6.09 Å². The van der Waals surface area contributed by atoms with E-state index in [1.807, 2.05) is 20.8 Å². The zero-order valence-electron chi connectivity index (χ0n) is 21.7. The maximum absolute atomic E-state index is 14.7. The van der Waals surface area contributed by atoms with Crippen molar-refractivity contribution in [3.63, 3.8) is 0 Å². The second kappa shape index (κ2) is 11.2. The number of hydrogen-bond acceptors (Lipinski definition) is 8. The molecule has 5 rings (SSSR count). The van der Waals surface area contributed by atoms with Crippen molar-refractivity contribution in [2.75, 3.05) is 18.5 Å². The van der Waals surface area contributed by atoms with E-state index in [1.165, 1.54) is 18.5 Å². The first-order valence-corrected chi connectivity index (χ1v) is 13.4. The zero-order valence-corrected chi connectivity index (χ0v) is 23.2. The molecule has 1 aliphatic carbocycles. The summed E-state index contributed by atoms with van der Waals surface area (Å²) in [6, 6.07) is 6.51. The maximum Gasteiger partial charge on any atom is 0.407 e. The van der Waals surface area contributed by atoms with Crippen LogP contribution in [0.5, 0.6) is 11.5 Å². The number of rotatable bonds is 7. The average molecular weight is 579 g/mol. The molecule has 3 aromatic rings. The van der Waals surface area contributed by atoms with Gasteiger partial charge in [-0.05, 0) is 39.0 Å². The number of alkyl carbamates (subject to hydrolysis) is 1.